The zero-order valence-electron chi connectivity index (χ0n) is 12.1. The van der Waals surface area contributed by atoms with Gasteiger partial charge < -0.3 is 14.8 Å². The Hall–Kier alpha value is -2.61. The van der Waals surface area contributed by atoms with Crippen LogP contribution in [0.3, 0.4) is 0 Å². The molecular weight excluding hydrogens is 313 g/mol. The Labute approximate surface area is 130 Å². The number of rotatable bonds is 6. The highest BCUT2D eigenvalue weighted by Gasteiger charge is 2.18. The lowest BCUT2D eigenvalue weighted by molar-refractivity contribution is 0.101. The molecule has 1 heterocycles. The van der Waals surface area contributed by atoms with Gasteiger partial charge in [0, 0.05) is 13.3 Å². The maximum Gasteiger partial charge on any atom is 0.261 e. The molecule has 122 valence electrons. The van der Waals surface area contributed by atoms with Gasteiger partial charge in [0.2, 0.25) is 5.88 Å². The van der Waals surface area contributed by atoms with Gasteiger partial charge >= 0.3 is 0 Å². The summed E-state index contributed by atoms with van der Waals surface area (Å²) in [6, 6.07) is 4.53. The first-order valence-electron chi connectivity index (χ1n) is 6.56. The lowest BCUT2D eigenvalue weighted by atomic mass is 10.2. The van der Waals surface area contributed by atoms with E-state index in [0.29, 0.717) is 6.07 Å². The number of methoxy groups -OCH3 is 1. The van der Waals surface area contributed by atoms with Crippen LogP contribution < -0.4 is 10.1 Å². The number of benzene rings is 1. The van der Waals surface area contributed by atoms with Gasteiger partial charge in [0.25, 0.3) is 5.91 Å². The van der Waals surface area contributed by atoms with Crippen LogP contribution in [0.5, 0.6) is 5.88 Å². The number of carbonyl (C=O) groups is 1. The fourth-order valence-corrected chi connectivity index (χ4v) is 1.71. The molecule has 0 fully saturated rings. The number of halogens is 3. The first-order chi connectivity index (χ1) is 11.0. The molecule has 1 aromatic carbocycles. The van der Waals surface area contributed by atoms with E-state index in [-0.39, 0.29) is 24.7 Å². The van der Waals surface area contributed by atoms with Gasteiger partial charge in [-0.25, -0.2) is 18.2 Å². The summed E-state index contributed by atoms with van der Waals surface area (Å²) in [6.45, 7) is 0.447. The highest BCUT2D eigenvalue weighted by Crippen LogP contribution is 2.22. The van der Waals surface area contributed by atoms with Crippen LogP contribution in [-0.4, -0.2) is 31.2 Å². The molecule has 0 bridgehead atoms. The van der Waals surface area contributed by atoms with E-state index in [4.69, 9.17) is 9.47 Å². The van der Waals surface area contributed by atoms with Crippen molar-refractivity contribution in [3.8, 4) is 5.88 Å². The van der Waals surface area contributed by atoms with Crippen molar-refractivity contribution in [2.24, 2.45) is 0 Å². The van der Waals surface area contributed by atoms with E-state index in [0.717, 1.165) is 6.07 Å². The van der Waals surface area contributed by atoms with E-state index in [9.17, 15) is 18.0 Å². The van der Waals surface area contributed by atoms with Crippen LogP contribution in [0.25, 0.3) is 0 Å². The molecule has 5 nitrogen and oxygen atoms in total. The number of carbonyl (C=O) groups excluding carboxylic acids is 1. The summed E-state index contributed by atoms with van der Waals surface area (Å²) in [5.41, 5.74) is -0.465. The molecule has 0 radical (unpaired) electrons. The molecule has 0 unspecified atom stereocenters. The molecule has 0 saturated carbocycles. The van der Waals surface area contributed by atoms with Crippen molar-refractivity contribution in [1.29, 1.82) is 0 Å². The van der Waals surface area contributed by atoms with E-state index in [1.54, 1.807) is 0 Å². The lowest BCUT2D eigenvalue weighted by Crippen LogP contribution is -2.17. The van der Waals surface area contributed by atoms with Crippen molar-refractivity contribution in [2.45, 2.75) is 0 Å². The Balaban J connectivity index is 2.20. The minimum Gasteiger partial charge on any atom is -0.475 e. The van der Waals surface area contributed by atoms with Crippen LogP contribution in [0.1, 0.15) is 10.4 Å². The number of hydrogen-bond donors (Lipinski definition) is 1. The van der Waals surface area contributed by atoms with Crippen LogP contribution in [0.4, 0.5) is 18.9 Å². The summed E-state index contributed by atoms with van der Waals surface area (Å²) in [4.78, 5) is 16.1. The van der Waals surface area contributed by atoms with E-state index >= 15 is 0 Å². The van der Waals surface area contributed by atoms with Crippen LogP contribution in [0, 0.1) is 17.5 Å². The quantitative estimate of drug-likeness (QED) is 0.655. The van der Waals surface area contributed by atoms with Gasteiger partial charge in [-0.3, -0.25) is 4.79 Å². The summed E-state index contributed by atoms with van der Waals surface area (Å²) in [6.07, 6.45) is 1.41. The van der Waals surface area contributed by atoms with Crippen molar-refractivity contribution in [3.05, 3.63) is 53.5 Å². The molecule has 2 aromatic rings. The van der Waals surface area contributed by atoms with Crippen molar-refractivity contribution in [1.82, 2.24) is 4.98 Å². The third-order valence-electron chi connectivity index (χ3n) is 2.83. The maximum atomic E-state index is 13.6. The fraction of sp³-hybridized carbons (Fsp3) is 0.200. The maximum absolute atomic E-state index is 13.6. The summed E-state index contributed by atoms with van der Waals surface area (Å²) >= 11 is 0. The van der Waals surface area contributed by atoms with Gasteiger partial charge in [-0.1, -0.05) is 0 Å². The first kappa shape index (κ1) is 16.8. The number of amides is 1. The fourth-order valence-electron chi connectivity index (χ4n) is 1.71. The standard InChI is InChI=1S/C15H13F3N2O3/c1-22-7-8-23-15-9(3-2-6-19-15)14(21)20-11-5-4-10(16)12(17)13(11)18/h2-6H,7-8H2,1H3,(H,20,21). The van der Waals surface area contributed by atoms with Crippen molar-refractivity contribution >= 4 is 11.6 Å². The topological polar surface area (TPSA) is 60.5 Å². The molecule has 0 atom stereocenters. The second-order valence-electron chi connectivity index (χ2n) is 4.37. The number of pyridine rings is 1. The van der Waals surface area contributed by atoms with E-state index < -0.39 is 29.0 Å². The Morgan fingerprint density at radius 1 is 1.17 bits per heavy atom. The van der Waals surface area contributed by atoms with Crippen molar-refractivity contribution in [3.63, 3.8) is 0 Å². The molecule has 0 aliphatic carbocycles. The Kier molecular flexibility index (Phi) is 5.53. The predicted octanol–water partition coefficient (Wildman–Crippen LogP) is 2.78. The highest BCUT2D eigenvalue weighted by atomic mass is 19.2. The average Bonchev–Trinajstić information content (AvgIpc) is 2.56. The summed E-state index contributed by atoms with van der Waals surface area (Å²) in [7, 11) is 1.49. The Bertz CT molecular complexity index is 710. The summed E-state index contributed by atoms with van der Waals surface area (Å²) < 4.78 is 49.8. The first-order valence-corrected chi connectivity index (χ1v) is 6.56. The second kappa shape index (κ2) is 7.59. The van der Waals surface area contributed by atoms with E-state index in [1.807, 2.05) is 0 Å². The van der Waals surface area contributed by atoms with Gasteiger partial charge in [0.1, 0.15) is 12.2 Å². The van der Waals surface area contributed by atoms with E-state index in [2.05, 4.69) is 10.3 Å². The molecule has 23 heavy (non-hydrogen) atoms. The van der Waals surface area contributed by atoms with Crippen LogP contribution >= 0.6 is 0 Å². The van der Waals surface area contributed by atoms with Gasteiger partial charge in [-0.15, -0.1) is 0 Å². The Morgan fingerprint density at radius 2 is 1.96 bits per heavy atom. The molecule has 1 aromatic heterocycles. The number of nitrogens with zero attached hydrogens (tertiary/aromatic N) is 1. The molecule has 0 aliphatic rings. The molecule has 0 spiro atoms. The monoisotopic (exact) mass is 326 g/mol. The third-order valence-corrected chi connectivity index (χ3v) is 2.83. The number of anilines is 1. The van der Waals surface area contributed by atoms with Crippen LogP contribution in [0.15, 0.2) is 30.5 Å². The number of hydrogen-bond acceptors (Lipinski definition) is 4. The van der Waals surface area contributed by atoms with Crippen LogP contribution in [-0.2, 0) is 4.74 Å². The van der Waals surface area contributed by atoms with Gasteiger partial charge in [0.15, 0.2) is 17.5 Å². The van der Waals surface area contributed by atoms with Gasteiger partial charge in [-0.2, -0.15) is 0 Å². The molecule has 1 amide bonds. The van der Waals surface area contributed by atoms with Crippen LogP contribution in [0.2, 0.25) is 0 Å². The SMILES string of the molecule is COCCOc1ncccc1C(=O)Nc1ccc(F)c(F)c1F. The predicted molar refractivity (Wildman–Crippen MR) is 75.9 cm³/mol. The molecule has 0 aliphatic heterocycles. The minimum absolute atomic E-state index is 0.0186. The molecule has 1 N–H and O–H groups in total. The number of nitrogens with one attached hydrogen (secondary N) is 1. The number of ether oxygens (including phenoxy) is 2. The minimum atomic E-state index is -1.66. The third kappa shape index (κ3) is 3.98. The van der Waals surface area contributed by atoms with Crippen molar-refractivity contribution < 1.29 is 27.4 Å². The lowest BCUT2D eigenvalue weighted by Gasteiger charge is -2.11. The molecule has 0 saturated heterocycles. The molecule has 8 heteroatoms. The van der Waals surface area contributed by atoms with Crippen molar-refractivity contribution in [2.75, 3.05) is 25.6 Å². The molecule has 2 rings (SSSR count). The largest absolute Gasteiger partial charge is 0.475 e. The highest BCUT2D eigenvalue weighted by molar-refractivity contribution is 6.05. The zero-order chi connectivity index (χ0) is 16.8. The molecular formula is C15H13F3N2O3. The number of aromatic nitrogens is 1. The summed E-state index contributed by atoms with van der Waals surface area (Å²) in [5.74, 6) is -5.24. The summed E-state index contributed by atoms with van der Waals surface area (Å²) in [5, 5.41) is 2.15. The Morgan fingerprint density at radius 3 is 2.70 bits per heavy atom. The van der Waals surface area contributed by atoms with Gasteiger partial charge in [-0.05, 0) is 24.3 Å². The smallest absolute Gasteiger partial charge is 0.261 e. The normalized spacial score (nSPS) is 10.4. The average molecular weight is 326 g/mol. The second-order valence-corrected chi connectivity index (χ2v) is 4.37. The van der Waals surface area contributed by atoms with Gasteiger partial charge in [0.05, 0.1) is 12.3 Å². The zero-order valence-corrected chi connectivity index (χ0v) is 12.1. The van der Waals surface area contributed by atoms with E-state index in [1.165, 1.54) is 25.4 Å².